The summed E-state index contributed by atoms with van der Waals surface area (Å²) in [6, 6.07) is 13.1. The smallest absolute Gasteiger partial charge is 0.0603 e. The Morgan fingerprint density at radius 3 is 2.50 bits per heavy atom. The van der Waals surface area contributed by atoms with Crippen LogP contribution in [0.3, 0.4) is 0 Å². The fourth-order valence-electron chi connectivity index (χ4n) is 3.88. The summed E-state index contributed by atoms with van der Waals surface area (Å²) in [5.41, 5.74) is 2.65. The number of halogens is 2. The van der Waals surface area contributed by atoms with Gasteiger partial charge in [0.2, 0.25) is 0 Å². The summed E-state index contributed by atoms with van der Waals surface area (Å²) in [6.07, 6.45) is 0.941. The summed E-state index contributed by atoms with van der Waals surface area (Å²) in [4.78, 5) is 7.41. The minimum atomic E-state index is 0.232. The van der Waals surface area contributed by atoms with E-state index in [1.807, 2.05) is 12.1 Å². The van der Waals surface area contributed by atoms with Crippen LogP contribution in [0.2, 0.25) is 10.0 Å². The van der Waals surface area contributed by atoms with Crippen LogP contribution in [0.4, 0.5) is 0 Å². The van der Waals surface area contributed by atoms with E-state index in [4.69, 9.17) is 23.2 Å². The Morgan fingerprint density at radius 2 is 1.73 bits per heavy atom. The SMILES string of the molecule is OCCN1CCN(C2Cc3cc(Cl)c(Cl)cc3Sc3ccccc32)CC1. The molecular weight excluding hydrogens is 387 g/mol. The summed E-state index contributed by atoms with van der Waals surface area (Å²) in [7, 11) is 0. The maximum atomic E-state index is 9.18. The van der Waals surface area contributed by atoms with Crippen molar-refractivity contribution in [2.75, 3.05) is 39.3 Å². The van der Waals surface area contributed by atoms with Crippen LogP contribution in [0.15, 0.2) is 46.2 Å². The van der Waals surface area contributed by atoms with E-state index in [1.54, 1.807) is 11.8 Å². The van der Waals surface area contributed by atoms with Crippen LogP contribution in [-0.4, -0.2) is 54.2 Å². The summed E-state index contributed by atoms with van der Waals surface area (Å²) in [6.45, 7) is 5.03. The lowest BCUT2D eigenvalue weighted by molar-refractivity contribution is 0.0823. The van der Waals surface area contributed by atoms with E-state index in [2.05, 4.69) is 34.1 Å². The van der Waals surface area contributed by atoms with Gasteiger partial charge in [-0.1, -0.05) is 53.2 Å². The second-order valence-corrected chi connectivity index (χ2v) is 8.73. The number of fused-ring (bicyclic) bond motifs is 2. The Hall–Kier alpha value is -0.750. The normalized spacial score (nSPS) is 21.1. The van der Waals surface area contributed by atoms with Crippen LogP contribution in [0.5, 0.6) is 0 Å². The minimum Gasteiger partial charge on any atom is -0.395 e. The van der Waals surface area contributed by atoms with Gasteiger partial charge in [0.1, 0.15) is 0 Å². The largest absolute Gasteiger partial charge is 0.395 e. The second kappa shape index (κ2) is 8.09. The molecule has 1 saturated heterocycles. The van der Waals surface area contributed by atoms with Crippen molar-refractivity contribution in [2.24, 2.45) is 0 Å². The highest BCUT2D eigenvalue weighted by molar-refractivity contribution is 7.99. The standard InChI is InChI=1S/C20H22Cl2N2OS/c21-16-11-14-12-18(24-7-5-23(6-8-24)9-10-25)15-3-1-2-4-19(15)26-20(14)13-17(16)22/h1-4,11,13,18,25H,5-10,12H2. The molecule has 6 heteroatoms. The van der Waals surface area contributed by atoms with Crippen LogP contribution >= 0.6 is 35.0 Å². The van der Waals surface area contributed by atoms with Gasteiger partial charge < -0.3 is 5.11 Å². The molecule has 0 radical (unpaired) electrons. The summed E-state index contributed by atoms with van der Waals surface area (Å²) in [5, 5.41) is 10.4. The highest BCUT2D eigenvalue weighted by Gasteiger charge is 2.30. The average Bonchev–Trinajstić information content (AvgIpc) is 2.80. The molecule has 1 unspecified atom stereocenters. The van der Waals surface area contributed by atoms with Gasteiger partial charge in [0, 0.05) is 48.6 Å². The second-order valence-electron chi connectivity index (χ2n) is 6.84. The van der Waals surface area contributed by atoms with Gasteiger partial charge in [-0.15, -0.1) is 0 Å². The zero-order valence-electron chi connectivity index (χ0n) is 14.5. The molecule has 1 atom stereocenters. The number of aliphatic hydroxyl groups is 1. The van der Waals surface area contributed by atoms with Crippen molar-refractivity contribution in [3.8, 4) is 0 Å². The fraction of sp³-hybridized carbons (Fsp3) is 0.400. The van der Waals surface area contributed by atoms with E-state index in [0.29, 0.717) is 16.1 Å². The first-order chi connectivity index (χ1) is 12.7. The molecule has 0 bridgehead atoms. The Kier molecular flexibility index (Phi) is 5.79. The van der Waals surface area contributed by atoms with Crippen molar-refractivity contribution in [3.05, 3.63) is 57.6 Å². The summed E-state index contributed by atoms with van der Waals surface area (Å²) < 4.78 is 0. The number of nitrogens with zero attached hydrogens (tertiary/aromatic N) is 2. The third kappa shape index (κ3) is 3.77. The van der Waals surface area contributed by atoms with Gasteiger partial charge in [0.15, 0.2) is 0 Å². The average molecular weight is 409 g/mol. The van der Waals surface area contributed by atoms with Gasteiger partial charge in [0.25, 0.3) is 0 Å². The molecule has 0 aromatic heterocycles. The molecule has 3 nitrogen and oxygen atoms in total. The van der Waals surface area contributed by atoms with Gasteiger partial charge in [-0.05, 0) is 35.7 Å². The Balaban J connectivity index is 1.66. The van der Waals surface area contributed by atoms with Crippen molar-refractivity contribution in [1.82, 2.24) is 9.80 Å². The lowest BCUT2D eigenvalue weighted by atomic mass is 9.96. The van der Waals surface area contributed by atoms with E-state index >= 15 is 0 Å². The predicted molar refractivity (Wildman–Crippen MR) is 109 cm³/mol. The summed E-state index contributed by atoms with van der Waals surface area (Å²) in [5.74, 6) is 0. The number of hydrogen-bond donors (Lipinski definition) is 1. The molecule has 2 heterocycles. The maximum absolute atomic E-state index is 9.18. The van der Waals surface area contributed by atoms with Crippen molar-refractivity contribution >= 4 is 35.0 Å². The lowest BCUT2D eigenvalue weighted by Crippen LogP contribution is -2.48. The fourth-order valence-corrected chi connectivity index (χ4v) is 5.45. The molecule has 26 heavy (non-hydrogen) atoms. The Bertz CT molecular complexity index is 793. The van der Waals surface area contributed by atoms with E-state index in [0.717, 1.165) is 39.1 Å². The third-order valence-corrected chi connectivity index (χ3v) is 7.19. The Labute approximate surface area is 168 Å². The zero-order chi connectivity index (χ0) is 18.1. The van der Waals surface area contributed by atoms with Gasteiger partial charge in [-0.25, -0.2) is 0 Å². The van der Waals surface area contributed by atoms with Gasteiger partial charge in [-0.3, -0.25) is 9.80 Å². The molecule has 4 rings (SSSR count). The predicted octanol–water partition coefficient (Wildman–Crippen LogP) is 4.35. The highest BCUT2D eigenvalue weighted by atomic mass is 35.5. The Morgan fingerprint density at radius 1 is 1.00 bits per heavy atom. The van der Waals surface area contributed by atoms with E-state index in [1.165, 1.54) is 20.9 Å². The lowest BCUT2D eigenvalue weighted by Gasteiger charge is -2.39. The molecule has 1 N–H and O–H groups in total. The number of β-amino-alcohol motifs (C(OH)–C–C–N with tert-alkyl or cyclic N) is 1. The molecule has 0 saturated carbocycles. The molecule has 2 aliphatic heterocycles. The first-order valence-corrected chi connectivity index (χ1v) is 10.5. The monoisotopic (exact) mass is 408 g/mol. The van der Waals surface area contributed by atoms with Crippen molar-refractivity contribution in [1.29, 1.82) is 0 Å². The quantitative estimate of drug-likeness (QED) is 0.816. The molecule has 2 aromatic carbocycles. The van der Waals surface area contributed by atoms with Crippen LogP contribution in [0.1, 0.15) is 17.2 Å². The molecular formula is C20H22Cl2N2OS. The van der Waals surface area contributed by atoms with E-state index in [-0.39, 0.29) is 6.61 Å². The number of piperazine rings is 1. The van der Waals surface area contributed by atoms with Gasteiger partial charge in [-0.2, -0.15) is 0 Å². The molecule has 0 spiro atoms. The van der Waals surface area contributed by atoms with Crippen LogP contribution in [-0.2, 0) is 6.42 Å². The first-order valence-electron chi connectivity index (χ1n) is 8.97. The molecule has 2 aromatic rings. The van der Waals surface area contributed by atoms with Crippen molar-refractivity contribution in [3.63, 3.8) is 0 Å². The molecule has 0 aliphatic carbocycles. The van der Waals surface area contributed by atoms with Gasteiger partial charge >= 0.3 is 0 Å². The van der Waals surface area contributed by atoms with E-state index < -0.39 is 0 Å². The maximum Gasteiger partial charge on any atom is 0.0603 e. The topological polar surface area (TPSA) is 26.7 Å². The number of hydrogen-bond acceptors (Lipinski definition) is 4. The third-order valence-electron chi connectivity index (χ3n) is 5.28. The van der Waals surface area contributed by atoms with Crippen LogP contribution in [0, 0.1) is 0 Å². The van der Waals surface area contributed by atoms with Crippen LogP contribution in [0.25, 0.3) is 0 Å². The molecule has 1 fully saturated rings. The van der Waals surface area contributed by atoms with Crippen molar-refractivity contribution < 1.29 is 5.11 Å². The highest BCUT2D eigenvalue weighted by Crippen LogP contribution is 2.45. The molecule has 138 valence electrons. The number of benzene rings is 2. The van der Waals surface area contributed by atoms with Gasteiger partial charge in [0.05, 0.1) is 16.7 Å². The number of aliphatic hydroxyl groups excluding tert-OH is 1. The zero-order valence-corrected chi connectivity index (χ0v) is 16.8. The van der Waals surface area contributed by atoms with E-state index in [9.17, 15) is 5.11 Å². The summed E-state index contributed by atoms with van der Waals surface area (Å²) >= 11 is 14.4. The first kappa shape index (κ1) is 18.6. The number of rotatable bonds is 3. The van der Waals surface area contributed by atoms with Crippen molar-refractivity contribution in [2.45, 2.75) is 22.3 Å². The molecule has 0 amide bonds. The molecule has 2 aliphatic rings. The van der Waals surface area contributed by atoms with Crippen LogP contribution < -0.4 is 0 Å². The minimum absolute atomic E-state index is 0.232.